The summed E-state index contributed by atoms with van der Waals surface area (Å²) in [5.41, 5.74) is 8.07. The SMILES string of the molecule is Cc1ccnc2sc(C(=O)c3ccc(Cl)c(Cl)c3)c(N)c12. The summed E-state index contributed by atoms with van der Waals surface area (Å²) in [6.45, 7) is 1.94. The highest BCUT2D eigenvalue weighted by atomic mass is 35.5. The molecule has 0 bridgehead atoms. The van der Waals surface area contributed by atoms with Crippen molar-refractivity contribution in [2.75, 3.05) is 5.73 Å². The molecule has 2 heterocycles. The summed E-state index contributed by atoms with van der Waals surface area (Å²) in [5.74, 6) is -0.173. The topological polar surface area (TPSA) is 56.0 Å². The van der Waals surface area contributed by atoms with Gasteiger partial charge < -0.3 is 5.73 Å². The number of thiophene rings is 1. The fraction of sp³-hybridized carbons (Fsp3) is 0.0667. The number of anilines is 1. The average molecular weight is 337 g/mol. The standard InChI is InChI=1S/C15H10Cl2N2OS/c1-7-4-5-19-15-11(7)12(18)14(21-15)13(20)8-2-3-9(16)10(17)6-8/h2-6H,18H2,1H3. The van der Waals surface area contributed by atoms with Crippen LogP contribution in [0.4, 0.5) is 5.69 Å². The number of carbonyl (C=O) groups excluding carboxylic acids is 1. The van der Waals surface area contributed by atoms with E-state index in [4.69, 9.17) is 28.9 Å². The fourth-order valence-electron chi connectivity index (χ4n) is 2.14. The van der Waals surface area contributed by atoms with Crippen molar-refractivity contribution in [3.05, 3.63) is 56.5 Å². The van der Waals surface area contributed by atoms with Crippen molar-refractivity contribution >= 4 is 56.2 Å². The third-order valence-corrected chi connectivity index (χ3v) is 5.08. The highest BCUT2D eigenvalue weighted by molar-refractivity contribution is 7.21. The molecule has 1 aromatic carbocycles. The van der Waals surface area contributed by atoms with Crippen molar-refractivity contribution in [3.63, 3.8) is 0 Å². The van der Waals surface area contributed by atoms with E-state index >= 15 is 0 Å². The zero-order valence-corrected chi connectivity index (χ0v) is 13.3. The number of aryl methyl sites for hydroxylation is 1. The molecule has 2 aromatic heterocycles. The van der Waals surface area contributed by atoms with Crippen LogP contribution in [0.1, 0.15) is 20.8 Å². The second kappa shape index (κ2) is 5.30. The molecule has 0 saturated carbocycles. The van der Waals surface area contributed by atoms with Gasteiger partial charge in [0.2, 0.25) is 5.78 Å². The maximum atomic E-state index is 12.6. The van der Waals surface area contributed by atoms with E-state index in [0.717, 1.165) is 15.8 Å². The number of halogens is 2. The van der Waals surface area contributed by atoms with Gasteiger partial charge in [0.25, 0.3) is 0 Å². The van der Waals surface area contributed by atoms with Crippen LogP contribution in [0.2, 0.25) is 10.0 Å². The Hall–Kier alpha value is -1.62. The molecule has 0 unspecified atom stereocenters. The number of nitrogens with two attached hydrogens (primary N) is 1. The first-order valence-electron chi connectivity index (χ1n) is 6.12. The van der Waals surface area contributed by atoms with Gasteiger partial charge in [-0.05, 0) is 36.8 Å². The molecule has 106 valence electrons. The van der Waals surface area contributed by atoms with Crippen LogP contribution in [-0.4, -0.2) is 10.8 Å². The molecule has 3 aromatic rings. The Labute approximate surface area is 135 Å². The molecule has 6 heteroatoms. The van der Waals surface area contributed by atoms with Gasteiger partial charge in [-0.25, -0.2) is 4.98 Å². The lowest BCUT2D eigenvalue weighted by atomic mass is 10.1. The molecule has 2 N–H and O–H groups in total. The molecule has 0 atom stereocenters. The highest BCUT2D eigenvalue weighted by Gasteiger charge is 2.20. The molecule has 0 aliphatic carbocycles. The average Bonchev–Trinajstić information content (AvgIpc) is 2.80. The van der Waals surface area contributed by atoms with Crippen molar-refractivity contribution in [1.29, 1.82) is 0 Å². The number of benzene rings is 1. The Bertz CT molecular complexity index is 873. The summed E-state index contributed by atoms with van der Waals surface area (Å²) in [5, 5.41) is 1.59. The monoisotopic (exact) mass is 336 g/mol. The van der Waals surface area contributed by atoms with Crippen molar-refractivity contribution in [2.24, 2.45) is 0 Å². The molecule has 0 fully saturated rings. The van der Waals surface area contributed by atoms with Crippen molar-refractivity contribution < 1.29 is 4.79 Å². The molecule has 0 radical (unpaired) electrons. The Kier molecular flexibility index (Phi) is 3.61. The molecular formula is C15H10Cl2N2OS. The van der Waals surface area contributed by atoms with Gasteiger partial charge in [0.1, 0.15) is 9.71 Å². The Balaban J connectivity index is 2.16. The Morgan fingerprint density at radius 3 is 2.67 bits per heavy atom. The first-order valence-corrected chi connectivity index (χ1v) is 7.69. The van der Waals surface area contributed by atoms with Crippen LogP contribution in [-0.2, 0) is 0 Å². The third kappa shape index (κ3) is 2.39. The number of hydrogen-bond acceptors (Lipinski definition) is 4. The second-order valence-corrected chi connectivity index (χ2v) is 6.42. The number of nitrogen functional groups attached to an aromatic ring is 1. The van der Waals surface area contributed by atoms with E-state index in [-0.39, 0.29) is 5.78 Å². The first kappa shape index (κ1) is 14.3. The molecule has 0 saturated heterocycles. The van der Waals surface area contributed by atoms with Crippen molar-refractivity contribution in [2.45, 2.75) is 6.92 Å². The molecule has 21 heavy (non-hydrogen) atoms. The summed E-state index contributed by atoms with van der Waals surface area (Å²) in [4.78, 5) is 18.1. The summed E-state index contributed by atoms with van der Waals surface area (Å²) >= 11 is 13.1. The molecule has 3 nitrogen and oxygen atoms in total. The largest absolute Gasteiger partial charge is 0.397 e. The Morgan fingerprint density at radius 2 is 2.00 bits per heavy atom. The summed E-state index contributed by atoms with van der Waals surface area (Å²) in [6.07, 6.45) is 1.71. The minimum Gasteiger partial charge on any atom is -0.397 e. The van der Waals surface area contributed by atoms with Crippen LogP contribution in [0.3, 0.4) is 0 Å². The maximum Gasteiger partial charge on any atom is 0.205 e. The minimum absolute atomic E-state index is 0.173. The molecule has 0 spiro atoms. The van der Waals surface area contributed by atoms with E-state index < -0.39 is 0 Å². The molecular weight excluding hydrogens is 327 g/mol. The van der Waals surface area contributed by atoms with Crippen LogP contribution < -0.4 is 5.73 Å². The summed E-state index contributed by atoms with van der Waals surface area (Å²) in [6, 6.07) is 6.67. The van der Waals surface area contributed by atoms with Gasteiger partial charge in [0.05, 0.1) is 15.7 Å². The zero-order valence-electron chi connectivity index (χ0n) is 11.0. The van der Waals surface area contributed by atoms with E-state index in [9.17, 15) is 4.79 Å². The number of aromatic nitrogens is 1. The zero-order chi connectivity index (χ0) is 15.1. The first-order chi connectivity index (χ1) is 9.99. The number of rotatable bonds is 2. The second-order valence-electron chi connectivity index (χ2n) is 4.61. The van der Waals surface area contributed by atoms with E-state index in [1.165, 1.54) is 11.3 Å². The number of fused-ring (bicyclic) bond motifs is 1. The highest BCUT2D eigenvalue weighted by Crippen LogP contribution is 2.36. The van der Waals surface area contributed by atoms with Crippen molar-refractivity contribution in [3.8, 4) is 0 Å². The normalized spacial score (nSPS) is 11.0. The van der Waals surface area contributed by atoms with E-state index in [2.05, 4.69) is 4.98 Å². The number of pyridine rings is 1. The van der Waals surface area contributed by atoms with Crippen LogP contribution in [0.5, 0.6) is 0 Å². The van der Waals surface area contributed by atoms with E-state index in [1.54, 1.807) is 24.4 Å². The van der Waals surface area contributed by atoms with Crippen molar-refractivity contribution in [1.82, 2.24) is 4.98 Å². The molecule has 0 aliphatic heterocycles. The smallest absolute Gasteiger partial charge is 0.205 e. The molecule has 0 aliphatic rings. The number of nitrogens with zero attached hydrogens (tertiary/aromatic N) is 1. The predicted octanol–water partition coefficient (Wildman–Crippen LogP) is 4.72. The van der Waals surface area contributed by atoms with Gasteiger partial charge in [0, 0.05) is 17.1 Å². The molecule has 0 amide bonds. The minimum atomic E-state index is -0.173. The summed E-state index contributed by atoms with van der Waals surface area (Å²) < 4.78 is 0. The number of hydrogen-bond donors (Lipinski definition) is 1. The van der Waals surface area contributed by atoms with Crippen LogP contribution in [0, 0.1) is 6.92 Å². The van der Waals surface area contributed by atoms with Gasteiger partial charge in [-0.3, -0.25) is 4.79 Å². The van der Waals surface area contributed by atoms with E-state index in [1.807, 2.05) is 13.0 Å². The lowest BCUT2D eigenvalue weighted by molar-refractivity contribution is 0.104. The van der Waals surface area contributed by atoms with Gasteiger partial charge in [-0.2, -0.15) is 0 Å². The molecule has 3 rings (SSSR count). The fourth-order valence-corrected chi connectivity index (χ4v) is 3.54. The quantitative estimate of drug-likeness (QED) is 0.688. The summed E-state index contributed by atoms with van der Waals surface area (Å²) in [7, 11) is 0. The Morgan fingerprint density at radius 1 is 1.24 bits per heavy atom. The third-order valence-electron chi connectivity index (χ3n) is 3.23. The maximum absolute atomic E-state index is 12.6. The van der Waals surface area contributed by atoms with Gasteiger partial charge in [-0.1, -0.05) is 23.2 Å². The van der Waals surface area contributed by atoms with Gasteiger partial charge in [-0.15, -0.1) is 11.3 Å². The van der Waals surface area contributed by atoms with Crippen LogP contribution in [0.15, 0.2) is 30.5 Å². The number of carbonyl (C=O) groups is 1. The van der Waals surface area contributed by atoms with Crippen LogP contribution >= 0.6 is 34.5 Å². The van der Waals surface area contributed by atoms with Gasteiger partial charge >= 0.3 is 0 Å². The lowest BCUT2D eigenvalue weighted by Crippen LogP contribution is -2.02. The number of ketones is 1. The lowest BCUT2D eigenvalue weighted by Gasteiger charge is -2.02. The van der Waals surface area contributed by atoms with E-state index in [0.29, 0.717) is 26.2 Å². The van der Waals surface area contributed by atoms with Crippen LogP contribution in [0.25, 0.3) is 10.2 Å². The van der Waals surface area contributed by atoms with Gasteiger partial charge in [0.15, 0.2) is 0 Å². The predicted molar refractivity (Wildman–Crippen MR) is 88.7 cm³/mol.